The lowest BCUT2D eigenvalue weighted by atomic mass is 9.91. The zero-order valence-electron chi connectivity index (χ0n) is 17.9. The number of carbonyl (C=O) groups is 1. The molecule has 1 amide bonds. The van der Waals surface area contributed by atoms with Crippen LogP contribution in [0.3, 0.4) is 0 Å². The molecule has 0 radical (unpaired) electrons. The lowest BCUT2D eigenvalue weighted by Crippen LogP contribution is -2.42. The molecule has 1 heterocycles. The van der Waals surface area contributed by atoms with Crippen molar-refractivity contribution in [2.45, 2.75) is 12.3 Å². The van der Waals surface area contributed by atoms with Crippen molar-refractivity contribution in [1.29, 1.82) is 0 Å². The standard InChI is InChI=1S/C24H32N4O2/c1-28(2)23(29)17-27-24(25-15-19-13-14-30-18-19)26-16-22(20-9-5-3-6-10-20)21-11-7-4-8-12-21/h3-12,19,22H,13-18H2,1-2H3,(H2,25,26,27). The van der Waals surface area contributed by atoms with Crippen LogP contribution in [-0.4, -0.2) is 63.7 Å². The third-order valence-electron chi connectivity index (χ3n) is 5.33. The molecule has 2 aromatic rings. The van der Waals surface area contributed by atoms with Crippen molar-refractivity contribution >= 4 is 11.9 Å². The molecule has 3 rings (SSSR count). The SMILES string of the molecule is CN(C)C(=O)CN=C(NCC1CCOC1)NCC(c1ccccc1)c1ccccc1. The first kappa shape index (κ1) is 21.8. The highest BCUT2D eigenvalue weighted by Crippen LogP contribution is 2.23. The van der Waals surface area contributed by atoms with Gasteiger partial charge in [-0.3, -0.25) is 4.79 Å². The molecule has 0 spiro atoms. The van der Waals surface area contributed by atoms with E-state index in [1.165, 1.54) is 11.1 Å². The number of hydrogen-bond donors (Lipinski definition) is 2. The van der Waals surface area contributed by atoms with Crippen molar-refractivity contribution in [3.05, 3.63) is 71.8 Å². The number of rotatable bonds is 8. The Bertz CT molecular complexity index is 763. The summed E-state index contributed by atoms with van der Waals surface area (Å²) in [5, 5.41) is 6.86. The van der Waals surface area contributed by atoms with Gasteiger partial charge in [0.05, 0.1) is 6.61 Å². The summed E-state index contributed by atoms with van der Waals surface area (Å²) in [7, 11) is 3.49. The number of hydrogen-bond acceptors (Lipinski definition) is 3. The quantitative estimate of drug-likeness (QED) is 0.520. The number of likely N-dealkylation sites (N-methyl/N-ethyl adjacent to an activating group) is 1. The first-order chi connectivity index (χ1) is 14.6. The number of carbonyl (C=O) groups excluding carboxylic acids is 1. The molecule has 0 aliphatic carbocycles. The Morgan fingerprint density at radius 2 is 1.70 bits per heavy atom. The molecule has 1 fully saturated rings. The summed E-state index contributed by atoms with van der Waals surface area (Å²) >= 11 is 0. The van der Waals surface area contributed by atoms with Crippen molar-refractivity contribution in [2.24, 2.45) is 10.9 Å². The van der Waals surface area contributed by atoms with Crippen molar-refractivity contribution in [3.8, 4) is 0 Å². The number of ether oxygens (including phenoxy) is 1. The Labute approximate surface area is 179 Å². The van der Waals surface area contributed by atoms with E-state index < -0.39 is 0 Å². The van der Waals surface area contributed by atoms with Crippen LogP contribution >= 0.6 is 0 Å². The molecule has 6 heteroatoms. The molecule has 160 valence electrons. The minimum absolute atomic E-state index is 0.0250. The molecule has 1 aliphatic rings. The van der Waals surface area contributed by atoms with Crippen LogP contribution in [0, 0.1) is 5.92 Å². The zero-order valence-corrected chi connectivity index (χ0v) is 17.9. The number of benzene rings is 2. The van der Waals surface area contributed by atoms with Crippen LogP contribution in [0.4, 0.5) is 0 Å². The van der Waals surface area contributed by atoms with Crippen molar-refractivity contribution in [1.82, 2.24) is 15.5 Å². The first-order valence-corrected chi connectivity index (χ1v) is 10.5. The van der Waals surface area contributed by atoms with Gasteiger partial charge in [-0.1, -0.05) is 60.7 Å². The molecule has 1 saturated heterocycles. The summed E-state index contributed by atoms with van der Waals surface area (Å²) in [6, 6.07) is 20.9. The number of nitrogens with zero attached hydrogens (tertiary/aromatic N) is 2. The minimum Gasteiger partial charge on any atom is -0.381 e. The van der Waals surface area contributed by atoms with E-state index in [1.807, 2.05) is 12.1 Å². The first-order valence-electron chi connectivity index (χ1n) is 10.5. The van der Waals surface area contributed by atoms with E-state index in [2.05, 4.69) is 64.2 Å². The highest BCUT2D eigenvalue weighted by molar-refractivity contribution is 5.84. The predicted molar refractivity (Wildman–Crippen MR) is 121 cm³/mol. The Morgan fingerprint density at radius 1 is 1.07 bits per heavy atom. The van der Waals surface area contributed by atoms with E-state index in [-0.39, 0.29) is 18.4 Å². The third kappa shape index (κ3) is 6.59. The van der Waals surface area contributed by atoms with Crippen LogP contribution in [0.1, 0.15) is 23.5 Å². The fraction of sp³-hybridized carbons (Fsp3) is 0.417. The Balaban J connectivity index is 1.71. The van der Waals surface area contributed by atoms with E-state index in [1.54, 1.807) is 19.0 Å². The summed E-state index contributed by atoms with van der Waals surface area (Å²) in [4.78, 5) is 18.1. The number of nitrogens with one attached hydrogen (secondary N) is 2. The second-order valence-corrected chi connectivity index (χ2v) is 7.82. The predicted octanol–water partition coefficient (Wildman–Crippen LogP) is 2.48. The van der Waals surface area contributed by atoms with Gasteiger partial charge in [-0.05, 0) is 17.5 Å². The van der Waals surface area contributed by atoms with E-state index in [0.29, 0.717) is 18.4 Å². The van der Waals surface area contributed by atoms with Gasteiger partial charge >= 0.3 is 0 Å². The van der Waals surface area contributed by atoms with Gasteiger partial charge in [0.25, 0.3) is 0 Å². The number of amides is 1. The summed E-state index contributed by atoms with van der Waals surface area (Å²) in [5.74, 6) is 1.29. The van der Waals surface area contributed by atoms with Gasteiger partial charge in [-0.2, -0.15) is 0 Å². The van der Waals surface area contributed by atoms with E-state index in [0.717, 1.165) is 26.2 Å². The summed E-state index contributed by atoms with van der Waals surface area (Å²) in [6.07, 6.45) is 1.05. The van der Waals surface area contributed by atoms with E-state index in [4.69, 9.17) is 4.74 Å². The van der Waals surface area contributed by atoms with Crippen LogP contribution < -0.4 is 10.6 Å². The van der Waals surface area contributed by atoms with Crippen LogP contribution in [0.5, 0.6) is 0 Å². The molecule has 2 aromatic carbocycles. The topological polar surface area (TPSA) is 66.0 Å². The van der Waals surface area contributed by atoms with Crippen LogP contribution in [0.15, 0.2) is 65.7 Å². The second-order valence-electron chi connectivity index (χ2n) is 7.82. The molecule has 30 heavy (non-hydrogen) atoms. The van der Waals surface area contributed by atoms with E-state index in [9.17, 15) is 4.79 Å². The summed E-state index contributed by atoms with van der Waals surface area (Å²) < 4.78 is 5.47. The zero-order chi connectivity index (χ0) is 21.2. The second kappa shape index (κ2) is 11.4. The highest BCUT2D eigenvalue weighted by Gasteiger charge is 2.18. The lowest BCUT2D eigenvalue weighted by molar-refractivity contribution is -0.127. The minimum atomic E-state index is -0.0250. The summed E-state index contributed by atoms with van der Waals surface area (Å²) in [6.45, 7) is 3.16. The maximum atomic E-state index is 12.0. The molecule has 1 aliphatic heterocycles. The van der Waals surface area contributed by atoms with Crippen LogP contribution in [-0.2, 0) is 9.53 Å². The average Bonchev–Trinajstić information content (AvgIpc) is 3.30. The normalized spacial score (nSPS) is 16.5. The molecule has 0 bridgehead atoms. The molecular formula is C24H32N4O2. The Kier molecular flexibility index (Phi) is 8.27. The molecule has 6 nitrogen and oxygen atoms in total. The van der Waals surface area contributed by atoms with Crippen molar-refractivity contribution in [3.63, 3.8) is 0 Å². The smallest absolute Gasteiger partial charge is 0.243 e. The van der Waals surface area contributed by atoms with Gasteiger partial charge in [0.15, 0.2) is 5.96 Å². The fourth-order valence-electron chi connectivity index (χ4n) is 3.45. The number of aliphatic imine (C=N–C) groups is 1. The van der Waals surface area contributed by atoms with Gasteiger partial charge in [0.1, 0.15) is 6.54 Å². The molecule has 1 atom stereocenters. The maximum absolute atomic E-state index is 12.0. The molecular weight excluding hydrogens is 376 g/mol. The van der Waals surface area contributed by atoms with Gasteiger partial charge < -0.3 is 20.3 Å². The Hall–Kier alpha value is -2.86. The molecule has 0 saturated carbocycles. The fourth-order valence-corrected chi connectivity index (χ4v) is 3.45. The molecule has 0 aromatic heterocycles. The maximum Gasteiger partial charge on any atom is 0.243 e. The van der Waals surface area contributed by atoms with Gasteiger partial charge in [-0.25, -0.2) is 4.99 Å². The monoisotopic (exact) mass is 408 g/mol. The van der Waals surface area contributed by atoms with Crippen molar-refractivity contribution in [2.75, 3.05) is 46.9 Å². The highest BCUT2D eigenvalue weighted by atomic mass is 16.5. The molecule has 2 N–H and O–H groups in total. The van der Waals surface area contributed by atoms with E-state index >= 15 is 0 Å². The summed E-state index contributed by atoms with van der Waals surface area (Å²) in [5.41, 5.74) is 2.48. The lowest BCUT2D eigenvalue weighted by Gasteiger charge is -2.21. The average molecular weight is 409 g/mol. The third-order valence-corrected chi connectivity index (χ3v) is 5.33. The largest absolute Gasteiger partial charge is 0.381 e. The molecule has 1 unspecified atom stereocenters. The van der Waals surface area contributed by atoms with Gasteiger partial charge in [0.2, 0.25) is 5.91 Å². The van der Waals surface area contributed by atoms with Gasteiger partial charge in [0, 0.05) is 45.6 Å². The number of guanidine groups is 1. The Morgan fingerprint density at radius 3 is 2.23 bits per heavy atom. The van der Waals surface area contributed by atoms with Crippen LogP contribution in [0.25, 0.3) is 0 Å². The van der Waals surface area contributed by atoms with Gasteiger partial charge in [-0.15, -0.1) is 0 Å². The van der Waals surface area contributed by atoms with Crippen molar-refractivity contribution < 1.29 is 9.53 Å². The van der Waals surface area contributed by atoms with Crippen LogP contribution in [0.2, 0.25) is 0 Å².